The Balaban J connectivity index is 1.96. The number of carbonyl (C=O) groups excluding carboxylic acids is 4. The van der Waals surface area contributed by atoms with Gasteiger partial charge in [0.25, 0.3) is 0 Å². The maximum atomic E-state index is 12.8. The lowest BCUT2D eigenvalue weighted by Gasteiger charge is -2.32. The van der Waals surface area contributed by atoms with Crippen molar-refractivity contribution < 1.29 is 19.2 Å². The van der Waals surface area contributed by atoms with Crippen molar-refractivity contribution in [1.29, 1.82) is 0 Å². The quantitative estimate of drug-likeness (QED) is 0.477. The highest BCUT2D eigenvalue weighted by Gasteiger charge is 2.39. The van der Waals surface area contributed by atoms with Crippen molar-refractivity contribution in [2.24, 2.45) is 17.8 Å². The van der Waals surface area contributed by atoms with Gasteiger partial charge in [-0.2, -0.15) is 0 Å². The maximum absolute atomic E-state index is 12.8. The molecular formula is C19H26N2O4. The molecule has 0 aromatic rings. The van der Waals surface area contributed by atoms with Gasteiger partial charge in [-0.25, -0.2) is 0 Å². The number of likely N-dealkylation sites (tertiary alicyclic amines) is 1. The van der Waals surface area contributed by atoms with Crippen LogP contribution in [0.25, 0.3) is 0 Å². The summed E-state index contributed by atoms with van der Waals surface area (Å²) in [4.78, 5) is 51.1. The Kier molecular flexibility index (Phi) is 5.06. The SMILES string of the molecule is C[C@@H]1C[C@H](C)C(=O)C(=C(CC2CC(=O)NC(=O)C2)N2CCCC2)C1=O. The molecule has 2 saturated heterocycles. The number of carbonyl (C=O) groups is 4. The van der Waals surface area contributed by atoms with Crippen LogP contribution in [0.5, 0.6) is 0 Å². The molecule has 0 aromatic heterocycles. The van der Waals surface area contributed by atoms with Crippen molar-refractivity contribution in [1.82, 2.24) is 10.2 Å². The summed E-state index contributed by atoms with van der Waals surface area (Å²) in [6, 6.07) is 0. The van der Waals surface area contributed by atoms with Crippen molar-refractivity contribution in [3.8, 4) is 0 Å². The monoisotopic (exact) mass is 346 g/mol. The third kappa shape index (κ3) is 3.67. The third-order valence-corrected chi connectivity index (χ3v) is 5.58. The predicted molar refractivity (Wildman–Crippen MR) is 91.3 cm³/mol. The standard InChI is InChI=1S/C19H26N2O4/c1-11-7-12(2)19(25)17(18(11)24)14(21-5-3-4-6-21)8-13-9-15(22)20-16(23)10-13/h11-13H,3-10H2,1-2H3,(H,20,22,23)/t11-,12+. The number of rotatable bonds is 3. The zero-order valence-electron chi connectivity index (χ0n) is 15.0. The van der Waals surface area contributed by atoms with Crippen molar-refractivity contribution in [3.63, 3.8) is 0 Å². The lowest BCUT2D eigenvalue weighted by molar-refractivity contribution is -0.135. The molecule has 3 fully saturated rings. The first-order chi connectivity index (χ1) is 11.9. The van der Waals surface area contributed by atoms with Crippen molar-refractivity contribution in [2.45, 2.75) is 52.4 Å². The van der Waals surface area contributed by atoms with E-state index < -0.39 is 0 Å². The molecule has 2 heterocycles. The molecule has 2 atom stereocenters. The minimum absolute atomic E-state index is 0.0726. The number of piperidine rings is 1. The second-order valence-electron chi connectivity index (χ2n) is 7.73. The number of ketones is 2. The van der Waals surface area contributed by atoms with Gasteiger partial charge in [0.15, 0.2) is 11.6 Å². The van der Waals surface area contributed by atoms with Crippen LogP contribution in [0.4, 0.5) is 0 Å². The molecule has 0 spiro atoms. The molecule has 2 aliphatic heterocycles. The van der Waals surface area contributed by atoms with E-state index in [1.165, 1.54) is 0 Å². The van der Waals surface area contributed by atoms with E-state index in [1.807, 2.05) is 13.8 Å². The first kappa shape index (κ1) is 17.8. The normalized spacial score (nSPS) is 30.7. The number of nitrogens with one attached hydrogen (secondary N) is 1. The molecule has 1 aliphatic carbocycles. The van der Waals surface area contributed by atoms with Gasteiger partial charge in [0.05, 0.1) is 5.57 Å². The Bertz CT molecular complexity index is 608. The van der Waals surface area contributed by atoms with Crippen LogP contribution in [-0.2, 0) is 19.2 Å². The predicted octanol–water partition coefficient (Wildman–Crippen LogP) is 1.59. The lowest BCUT2D eigenvalue weighted by Crippen LogP contribution is -2.40. The lowest BCUT2D eigenvalue weighted by atomic mass is 9.76. The summed E-state index contributed by atoms with van der Waals surface area (Å²) in [6.07, 6.45) is 3.65. The van der Waals surface area contributed by atoms with E-state index in [4.69, 9.17) is 0 Å². The highest BCUT2D eigenvalue weighted by Crippen LogP contribution is 2.35. The Labute approximate surface area is 148 Å². The number of allylic oxidation sites excluding steroid dienone is 2. The fraction of sp³-hybridized carbons (Fsp3) is 0.684. The van der Waals surface area contributed by atoms with Gasteiger partial charge in [0.1, 0.15) is 0 Å². The van der Waals surface area contributed by atoms with Crippen LogP contribution in [0.15, 0.2) is 11.3 Å². The van der Waals surface area contributed by atoms with E-state index >= 15 is 0 Å². The second-order valence-corrected chi connectivity index (χ2v) is 7.73. The summed E-state index contributed by atoms with van der Waals surface area (Å²) in [7, 11) is 0. The third-order valence-electron chi connectivity index (χ3n) is 5.58. The molecule has 136 valence electrons. The minimum Gasteiger partial charge on any atom is -0.374 e. The molecule has 0 bridgehead atoms. The minimum atomic E-state index is -0.268. The zero-order valence-corrected chi connectivity index (χ0v) is 15.0. The summed E-state index contributed by atoms with van der Waals surface area (Å²) >= 11 is 0. The summed E-state index contributed by atoms with van der Waals surface area (Å²) in [6.45, 7) is 5.42. The number of hydrogen-bond acceptors (Lipinski definition) is 5. The van der Waals surface area contributed by atoms with Gasteiger partial charge < -0.3 is 4.90 Å². The highest BCUT2D eigenvalue weighted by atomic mass is 16.2. The summed E-state index contributed by atoms with van der Waals surface area (Å²) in [5, 5.41) is 2.32. The smallest absolute Gasteiger partial charge is 0.226 e. The molecule has 0 radical (unpaired) electrons. The largest absolute Gasteiger partial charge is 0.374 e. The number of nitrogens with zero attached hydrogens (tertiary/aromatic N) is 1. The Morgan fingerprint density at radius 2 is 1.48 bits per heavy atom. The van der Waals surface area contributed by atoms with Gasteiger partial charge in [-0.15, -0.1) is 0 Å². The van der Waals surface area contributed by atoms with Crippen LogP contribution < -0.4 is 5.32 Å². The van der Waals surface area contributed by atoms with E-state index in [0.717, 1.165) is 31.6 Å². The molecule has 0 unspecified atom stereocenters. The van der Waals surface area contributed by atoms with Crippen LogP contribution in [-0.4, -0.2) is 41.4 Å². The fourth-order valence-corrected chi connectivity index (χ4v) is 4.29. The Morgan fingerprint density at radius 3 is 2.00 bits per heavy atom. The molecule has 0 aromatic carbocycles. The van der Waals surface area contributed by atoms with Crippen molar-refractivity contribution in [3.05, 3.63) is 11.3 Å². The van der Waals surface area contributed by atoms with E-state index in [0.29, 0.717) is 18.4 Å². The molecule has 3 aliphatic rings. The van der Waals surface area contributed by atoms with E-state index in [-0.39, 0.29) is 54.0 Å². The first-order valence-electron chi connectivity index (χ1n) is 9.26. The first-order valence-corrected chi connectivity index (χ1v) is 9.26. The number of imide groups is 1. The van der Waals surface area contributed by atoms with Crippen LogP contribution in [0.3, 0.4) is 0 Å². The molecule has 3 rings (SSSR count). The van der Waals surface area contributed by atoms with Crippen molar-refractivity contribution in [2.75, 3.05) is 13.1 Å². The number of hydrogen-bond donors (Lipinski definition) is 1. The van der Waals surface area contributed by atoms with E-state index in [2.05, 4.69) is 10.2 Å². The molecule has 6 nitrogen and oxygen atoms in total. The van der Waals surface area contributed by atoms with E-state index in [1.54, 1.807) is 0 Å². The van der Waals surface area contributed by atoms with Crippen LogP contribution >= 0.6 is 0 Å². The fourth-order valence-electron chi connectivity index (χ4n) is 4.29. The summed E-state index contributed by atoms with van der Waals surface area (Å²) in [5.41, 5.74) is 1.12. The topological polar surface area (TPSA) is 83.6 Å². The van der Waals surface area contributed by atoms with Gasteiger partial charge in [0, 0.05) is 43.5 Å². The summed E-state index contributed by atoms with van der Waals surface area (Å²) in [5.74, 6) is -1.14. The highest BCUT2D eigenvalue weighted by molar-refractivity contribution is 6.23. The van der Waals surface area contributed by atoms with Gasteiger partial charge in [-0.05, 0) is 31.6 Å². The van der Waals surface area contributed by atoms with Gasteiger partial charge in [-0.1, -0.05) is 13.8 Å². The van der Waals surface area contributed by atoms with Crippen molar-refractivity contribution >= 4 is 23.4 Å². The van der Waals surface area contributed by atoms with Gasteiger partial charge in [-0.3, -0.25) is 24.5 Å². The van der Waals surface area contributed by atoms with Crippen LogP contribution in [0, 0.1) is 17.8 Å². The molecule has 1 N–H and O–H groups in total. The average Bonchev–Trinajstić information content (AvgIpc) is 3.05. The Hall–Kier alpha value is -1.98. The molecule has 6 heteroatoms. The number of Topliss-reactive ketones (excluding diaryl/α,β-unsaturated/α-hetero) is 2. The average molecular weight is 346 g/mol. The molecular weight excluding hydrogens is 320 g/mol. The van der Waals surface area contributed by atoms with Gasteiger partial charge in [0.2, 0.25) is 11.8 Å². The molecule has 2 amide bonds. The summed E-state index contributed by atoms with van der Waals surface area (Å²) < 4.78 is 0. The second kappa shape index (κ2) is 7.10. The van der Waals surface area contributed by atoms with Crippen LogP contribution in [0.1, 0.15) is 52.4 Å². The maximum Gasteiger partial charge on any atom is 0.226 e. The number of amides is 2. The molecule has 1 saturated carbocycles. The zero-order chi connectivity index (χ0) is 18.1. The molecule has 25 heavy (non-hydrogen) atoms. The Morgan fingerprint density at radius 1 is 0.960 bits per heavy atom. The van der Waals surface area contributed by atoms with Gasteiger partial charge >= 0.3 is 0 Å². The van der Waals surface area contributed by atoms with E-state index in [9.17, 15) is 19.2 Å². The van der Waals surface area contributed by atoms with Crippen LogP contribution in [0.2, 0.25) is 0 Å².